The van der Waals surface area contributed by atoms with Gasteiger partial charge in [-0.25, -0.2) is 4.98 Å². The lowest BCUT2D eigenvalue weighted by Gasteiger charge is -2.31. The Morgan fingerprint density at radius 1 is 1.00 bits per heavy atom. The fourth-order valence-electron chi connectivity index (χ4n) is 4.20. The van der Waals surface area contributed by atoms with Crippen LogP contribution in [-0.4, -0.2) is 47.1 Å². The molecule has 3 aromatic rings. The number of amides is 2. The van der Waals surface area contributed by atoms with Crippen LogP contribution >= 0.6 is 0 Å². The van der Waals surface area contributed by atoms with Crippen molar-refractivity contribution in [2.75, 3.05) is 35.2 Å². The van der Waals surface area contributed by atoms with E-state index >= 15 is 0 Å². The average Bonchev–Trinajstić information content (AvgIpc) is 3.71. The van der Waals surface area contributed by atoms with Crippen LogP contribution in [0, 0.1) is 12.8 Å². The first-order chi connectivity index (χ1) is 18.0. The van der Waals surface area contributed by atoms with Crippen LogP contribution in [0.1, 0.15) is 43.7 Å². The van der Waals surface area contributed by atoms with Gasteiger partial charge in [0.05, 0.1) is 23.8 Å². The van der Waals surface area contributed by atoms with Crippen molar-refractivity contribution in [3.8, 4) is 11.1 Å². The van der Waals surface area contributed by atoms with Crippen LogP contribution in [0.4, 0.5) is 17.2 Å². The number of aliphatic imine (C=N–C) groups is 1. The van der Waals surface area contributed by atoms with Crippen LogP contribution in [0.25, 0.3) is 11.1 Å². The summed E-state index contributed by atoms with van der Waals surface area (Å²) in [5, 5.41) is 5.93. The zero-order chi connectivity index (χ0) is 25.8. The average molecular weight is 497 g/mol. The third-order valence-electron chi connectivity index (χ3n) is 6.67. The Hall–Kier alpha value is -4.07. The molecule has 0 spiro atoms. The molecule has 0 unspecified atom stereocenters. The predicted octanol–water partition coefficient (Wildman–Crippen LogP) is 4.85. The molecule has 1 saturated heterocycles. The first kappa shape index (κ1) is 24.6. The van der Waals surface area contributed by atoms with Gasteiger partial charge in [-0.1, -0.05) is 19.1 Å². The quantitative estimate of drug-likeness (QED) is 0.413. The molecule has 2 fully saturated rings. The SMILES string of the molecule is CCCN=C(C(=O)Nc1ccc(N2CCC2)nc1)c1cc(-c2cncc(NC(=O)C3CC3)c2)ccc1C. The molecule has 2 aliphatic rings. The number of nitrogens with zero attached hydrogens (tertiary/aromatic N) is 4. The largest absolute Gasteiger partial charge is 0.356 e. The minimum atomic E-state index is -0.268. The lowest BCUT2D eigenvalue weighted by atomic mass is 9.97. The summed E-state index contributed by atoms with van der Waals surface area (Å²) in [5.74, 6) is 0.821. The van der Waals surface area contributed by atoms with E-state index in [1.165, 1.54) is 6.42 Å². The van der Waals surface area contributed by atoms with Gasteiger partial charge in [-0.2, -0.15) is 0 Å². The third-order valence-corrected chi connectivity index (χ3v) is 6.67. The van der Waals surface area contributed by atoms with Gasteiger partial charge in [-0.3, -0.25) is 19.6 Å². The maximum absolute atomic E-state index is 13.4. The van der Waals surface area contributed by atoms with E-state index in [0.29, 0.717) is 23.6 Å². The van der Waals surface area contributed by atoms with E-state index < -0.39 is 0 Å². The molecule has 2 aromatic heterocycles. The Bertz CT molecular complexity index is 1330. The summed E-state index contributed by atoms with van der Waals surface area (Å²) in [6.07, 6.45) is 9.01. The van der Waals surface area contributed by atoms with Crippen molar-refractivity contribution < 1.29 is 9.59 Å². The molecule has 5 rings (SSSR count). The summed E-state index contributed by atoms with van der Waals surface area (Å²) in [4.78, 5) is 41.3. The van der Waals surface area contributed by atoms with Crippen molar-refractivity contribution in [1.82, 2.24) is 9.97 Å². The van der Waals surface area contributed by atoms with Crippen molar-refractivity contribution in [2.45, 2.75) is 39.5 Å². The Morgan fingerprint density at radius 2 is 1.84 bits per heavy atom. The van der Waals surface area contributed by atoms with Crippen LogP contribution in [0.3, 0.4) is 0 Å². The van der Waals surface area contributed by atoms with Gasteiger partial charge in [0.15, 0.2) is 0 Å². The molecule has 1 aromatic carbocycles. The summed E-state index contributed by atoms with van der Waals surface area (Å²) in [7, 11) is 0. The lowest BCUT2D eigenvalue weighted by molar-refractivity contribution is -0.117. The number of pyridine rings is 2. The van der Waals surface area contributed by atoms with E-state index in [9.17, 15) is 9.59 Å². The first-order valence-corrected chi connectivity index (χ1v) is 13.0. The molecule has 1 saturated carbocycles. The maximum atomic E-state index is 13.4. The van der Waals surface area contributed by atoms with Crippen molar-refractivity contribution in [3.05, 3.63) is 66.1 Å². The van der Waals surface area contributed by atoms with Gasteiger partial charge < -0.3 is 15.5 Å². The Kier molecular flexibility index (Phi) is 7.25. The number of carbonyl (C=O) groups is 2. The van der Waals surface area contributed by atoms with Gasteiger partial charge in [0, 0.05) is 42.9 Å². The van der Waals surface area contributed by atoms with Gasteiger partial charge >= 0.3 is 0 Å². The van der Waals surface area contributed by atoms with Crippen LogP contribution in [0.5, 0.6) is 0 Å². The highest BCUT2D eigenvalue weighted by atomic mass is 16.2. The predicted molar refractivity (Wildman–Crippen MR) is 147 cm³/mol. The summed E-state index contributed by atoms with van der Waals surface area (Å²) in [6.45, 7) is 6.60. The molecule has 3 heterocycles. The van der Waals surface area contributed by atoms with Crippen LogP contribution in [0.15, 0.2) is 60.0 Å². The summed E-state index contributed by atoms with van der Waals surface area (Å²) in [5.41, 5.74) is 5.16. The zero-order valence-corrected chi connectivity index (χ0v) is 21.3. The Balaban J connectivity index is 1.39. The number of rotatable bonds is 9. The van der Waals surface area contributed by atoms with Crippen LogP contribution < -0.4 is 15.5 Å². The topological polar surface area (TPSA) is 99.6 Å². The second kappa shape index (κ2) is 10.9. The number of hydrogen-bond acceptors (Lipinski definition) is 6. The molecule has 8 nitrogen and oxygen atoms in total. The molecular weight excluding hydrogens is 464 g/mol. The minimum Gasteiger partial charge on any atom is -0.356 e. The number of hydrogen-bond donors (Lipinski definition) is 2. The molecule has 190 valence electrons. The van der Waals surface area contributed by atoms with Crippen LogP contribution in [-0.2, 0) is 9.59 Å². The highest BCUT2D eigenvalue weighted by Gasteiger charge is 2.29. The van der Waals surface area contributed by atoms with E-state index in [1.807, 2.05) is 50.2 Å². The molecular formula is C29H32N6O2. The van der Waals surface area contributed by atoms with E-state index in [0.717, 1.165) is 60.4 Å². The minimum absolute atomic E-state index is 0.0431. The normalized spacial score (nSPS) is 15.2. The highest BCUT2D eigenvalue weighted by molar-refractivity contribution is 6.49. The van der Waals surface area contributed by atoms with Crippen LogP contribution in [0.2, 0.25) is 0 Å². The summed E-state index contributed by atoms with van der Waals surface area (Å²) >= 11 is 0. The first-order valence-electron chi connectivity index (χ1n) is 13.0. The highest BCUT2D eigenvalue weighted by Crippen LogP contribution is 2.31. The number of anilines is 3. The van der Waals surface area contributed by atoms with E-state index in [2.05, 4.69) is 30.5 Å². The maximum Gasteiger partial charge on any atom is 0.274 e. The second-order valence-corrected chi connectivity index (χ2v) is 9.69. The van der Waals surface area contributed by atoms with E-state index in [1.54, 1.807) is 18.6 Å². The number of nitrogens with one attached hydrogen (secondary N) is 2. The molecule has 2 N–H and O–H groups in total. The monoisotopic (exact) mass is 496 g/mol. The van der Waals surface area contributed by atoms with Gasteiger partial charge in [0.2, 0.25) is 5.91 Å². The Labute approximate surface area is 217 Å². The smallest absolute Gasteiger partial charge is 0.274 e. The van der Waals surface area contributed by atoms with Crippen molar-refractivity contribution in [2.24, 2.45) is 10.9 Å². The van der Waals surface area contributed by atoms with E-state index in [-0.39, 0.29) is 17.7 Å². The number of aromatic nitrogens is 2. The molecule has 0 bridgehead atoms. The van der Waals surface area contributed by atoms with Gasteiger partial charge in [0.25, 0.3) is 5.91 Å². The molecule has 37 heavy (non-hydrogen) atoms. The number of aryl methyl sites for hydroxylation is 1. The molecule has 2 amide bonds. The van der Waals surface area contributed by atoms with Crippen molar-refractivity contribution >= 4 is 34.7 Å². The van der Waals surface area contributed by atoms with E-state index in [4.69, 9.17) is 0 Å². The number of carbonyl (C=O) groups excluding carboxylic acids is 2. The number of benzene rings is 1. The van der Waals surface area contributed by atoms with Gasteiger partial charge in [0.1, 0.15) is 11.5 Å². The zero-order valence-electron chi connectivity index (χ0n) is 21.3. The molecule has 1 aliphatic carbocycles. The second-order valence-electron chi connectivity index (χ2n) is 9.69. The molecule has 8 heteroatoms. The summed E-state index contributed by atoms with van der Waals surface area (Å²) < 4.78 is 0. The third kappa shape index (κ3) is 5.85. The Morgan fingerprint density at radius 3 is 2.51 bits per heavy atom. The van der Waals surface area contributed by atoms with Crippen molar-refractivity contribution in [1.29, 1.82) is 0 Å². The molecule has 0 radical (unpaired) electrons. The summed E-state index contributed by atoms with van der Waals surface area (Å²) in [6, 6.07) is 11.7. The lowest BCUT2D eigenvalue weighted by Crippen LogP contribution is -2.37. The standard InChI is InChI=1S/C29H32N6O2/c1-3-11-31-27(29(37)33-23-9-10-26(32-18-23)35-12-4-13-35)25-15-21(6-5-19(25)2)22-14-24(17-30-16-22)34-28(36)20-7-8-20/h5-6,9-10,14-18,20H,3-4,7-8,11-13H2,1-2H3,(H,33,37)(H,34,36). The van der Waals surface area contributed by atoms with Crippen molar-refractivity contribution in [3.63, 3.8) is 0 Å². The van der Waals surface area contributed by atoms with Gasteiger partial charge in [-0.05, 0) is 68.0 Å². The fraction of sp³-hybridized carbons (Fsp3) is 0.345. The van der Waals surface area contributed by atoms with Gasteiger partial charge in [-0.15, -0.1) is 0 Å². The molecule has 0 atom stereocenters. The fourth-order valence-corrected chi connectivity index (χ4v) is 4.20. The molecule has 1 aliphatic heterocycles.